The zero-order valence-corrected chi connectivity index (χ0v) is 11.1. The smallest absolute Gasteiger partial charge is 0.339 e. The SMILES string of the molecule is Cc1csc(=O)n1CCOc1ccccc1C(=O)O. The predicted molar refractivity (Wildman–Crippen MR) is 72.2 cm³/mol. The number of nitrogens with zero attached hydrogens (tertiary/aromatic N) is 1. The number of aromatic nitrogens is 1. The topological polar surface area (TPSA) is 68.5 Å². The van der Waals surface area contributed by atoms with E-state index in [0.29, 0.717) is 12.3 Å². The van der Waals surface area contributed by atoms with Gasteiger partial charge in [-0.25, -0.2) is 4.79 Å². The molecule has 100 valence electrons. The van der Waals surface area contributed by atoms with Gasteiger partial charge in [-0.3, -0.25) is 9.36 Å². The van der Waals surface area contributed by atoms with Crippen LogP contribution in [-0.2, 0) is 6.54 Å². The number of aryl methyl sites for hydroxylation is 1. The number of rotatable bonds is 5. The molecule has 0 saturated carbocycles. The number of benzene rings is 1. The lowest BCUT2D eigenvalue weighted by molar-refractivity contribution is 0.0692. The van der Waals surface area contributed by atoms with Crippen molar-refractivity contribution in [3.05, 3.63) is 50.6 Å². The Balaban J connectivity index is 2.04. The molecule has 1 heterocycles. The van der Waals surface area contributed by atoms with Crippen molar-refractivity contribution in [2.75, 3.05) is 6.61 Å². The summed E-state index contributed by atoms with van der Waals surface area (Å²) in [5, 5.41) is 10.8. The van der Waals surface area contributed by atoms with Gasteiger partial charge < -0.3 is 9.84 Å². The normalized spacial score (nSPS) is 10.4. The molecule has 0 bridgehead atoms. The fourth-order valence-corrected chi connectivity index (χ4v) is 2.45. The Kier molecular flexibility index (Phi) is 4.01. The van der Waals surface area contributed by atoms with Gasteiger partial charge in [0.1, 0.15) is 17.9 Å². The van der Waals surface area contributed by atoms with Gasteiger partial charge in [-0.05, 0) is 19.1 Å². The average Bonchev–Trinajstić information content (AvgIpc) is 2.70. The van der Waals surface area contributed by atoms with E-state index in [9.17, 15) is 9.59 Å². The maximum atomic E-state index is 11.5. The number of hydrogen-bond donors (Lipinski definition) is 1. The number of thiazole rings is 1. The highest BCUT2D eigenvalue weighted by Crippen LogP contribution is 2.17. The largest absolute Gasteiger partial charge is 0.491 e. The third kappa shape index (κ3) is 3.03. The highest BCUT2D eigenvalue weighted by molar-refractivity contribution is 7.07. The molecule has 0 aliphatic heterocycles. The first-order chi connectivity index (χ1) is 9.09. The number of carboxylic acid groups (broad SMARTS) is 1. The number of ether oxygens (including phenoxy) is 1. The van der Waals surface area contributed by atoms with E-state index in [1.54, 1.807) is 28.1 Å². The molecule has 1 aromatic heterocycles. The number of carboxylic acids is 1. The molecule has 0 unspecified atom stereocenters. The van der Waals surface area contributed by atoms with Crippen molar-refractivity contribution in [2.24, 2.45) is 0 Å². The van der Waals surface area contributed by atoms with Gasteiger partial charge in [0.05, 0.1) is 6.54 Å². The molecule has 5 nitrogen and oxygen atoms in total. The molecule has 0 radical (unpaired) electrons. The van der Waals surface area contributed by atoms with Crippen LogP contribution in [0.5, 0.6) is 5.75 Å². The lowest BCUT2D eigenvalue weighted by Gasteiger charge is -2.09. The third-order valence-corrected chi connectivity index (χ3v) is 3.55. The molecule has 2 aromatic rings. The summed E-state index contributed by atoms with van der Waals surface area (Å²) in [7, 11) is 0. The van der Waals surface area contributed by atoms with E-state index in [4.69, 9.17) is 9.84 Å². The van der Waals surface area contributed by atoms with Gasteiger partial charge in [0, 0.05) is 11.1 Å². The van der Waals surface area contributed by atoms with E-state index in [0.717, 1.165) is 17.0 Å². The second-order valence-electron chi connectivity index (χ2n) is 3.94. The van der Waals surface area contributed by atoms with Crippen molar-refractivity contribution in [1.29, 1.82) is 0 Å². The Labute approximate surface area is 113 Å². The van der Waals surface area contributed by atoms with Gasteiger partial charge >= 0.3 is 10.8 Å². The van der Waals surface area contributed by atoms with Gasteiger partial charge in [0.2, 0.25) is 0 Å². The summed E-state index contributed by atoms with van der Waals surface area (Å²) < 4.78 is 7.05. The van der Waals surface area contributed by atoms with Crippen molar-refractivity contribution in [3.8, 4) is 5.75 Å². The zero-order valence-electron chi connectivity index (χ0n) is 10.3. The van der Waals surface area contributed by atoms with Crippen molar-refractivity contribution >= 4 is 17.3 Å². The van der Waals surface area contributed by atoms with Gasteiger partial charge in [-0.2, -0.15) is 0 Å². The molecule has 0 spiro atoms. The Morgan fingerprint density at radius 1 is 1.42 bits per heavy atom. The van der Waals surface area contributed by atoms with Crippen molar-refractivity contribution in [2.45, 2.75) is 13.5 Å². The van der Waals surface area contributed by atoms with Gasteiger partial charge in [0.15, 0.2) is 0 Å². The standard InChI is InChI=1S/C13H13NO4S/c1-9-8-19-13(17)14(9)6-7-18-11-5-3-2-4-10(11)12(15)16/h2-5,8H,6-7H2,1H3,(H,15,16). The summed E-state index contributed by atoms with van der Waals surface area (Å²) in [6, 6.07) is 6.44. The van der Waals surface area contributed by atoms with E-state index in [1.165, 1.54) is 6.07 Å². The van der Waals surface area contributed by atoms with Crippen molar-refractivity contribution in [3.63, 3.8) is 0 Å². The van der Waals surface area contributed by atoms with E-state index in [2.05, 4.69) is 0 Å². The Bertz CT molecular complexity index is 644. The average molecular weight is 279 g/mol. The minimum atomic E-state index is -1.03. The molecule has 0 aliphatic rings. The molecule has 0 fully saturated rings. The molecular weight excluding hydrogens is 266 g/mol. The Morgan fingerprint density at radius 2 is 2.16 bits per heavy atom. The van der Waals surface area contributed by atoms with Crippen LogP contribution in [-0.4, -0.2) is 22.2 Å². The Hall–Kier alpha value is -2.08. The minimum Gasteiger partial charge on any atom is -0.491 e. The first kappa shape index (κ1) is 13.4. The van der Waals surface area contributed by atoms with Crippen LogP contribution in [0.2, 0.25) is 0 Å². The maximum Gasteiger partial charge on any atom is 0.339 e. The van der Waals surface area contributed by atoms with Crippen LogP contribution in [0, 0.1) is 6.92 Å². The minimum absolute atomic E-state index is 0.0346. The highest BCUT2D eigenvalue weighted by atomic mass is 32.1. The quantitative estimate of drug-likeness (QED) is 0.909. The van der Waals surface area contributed by atoms with Gasteiger partial charge in [0.25, 0.3) is 0 Å². The van der Waals surface area contributed by atoms with E-state index in [1.807, 2.05) is 6.92 Å². The fourth-order valence-electron chi connectivity index (χ4n) is 1.69. The van der Waals surface area contributed by atoms with E-state index >= 15 is 0 Å². The summed E-state index contributed by atoms with van der Waals surface area (Å²) in [4.78, 5) is 22.4. The van der Waals surface area contributed by atoms with Gasteiger partial charge in [-0.1, -0.05) is 23.5 Å². The number of para-hydroxylation sites is 1. The van der Waals surface area contributed by atoms with Crippen LogP contribution >= 0.6 is 11.3 Å². The summed E-state index contributed by atoms with van der Waals surface area (Å²) in [6.07, 6.45) is 0. The zero-order chi connectivity index (χ0) is 13.8. The third-order valence-electron chi connectivity index (χ3n) is 2.67. The fraction of sp³-hybridized carbons (Fsp3) is 0.231. The molecular formula is C13H13NO4S. The van der Waals surface area contributed by atoms with Crippen LogP contribution < -0.4 is 9.61 Å². The molecule has 0 atom stereocenters. The number of hydrogen-bond acceptors (Lipinski definition) is 4. The maximum absolute atomic E-state index is 11.5. The summed E-state index contributed by atoms with van der Waals surface area (Å²) in [5.74, 6) is -0.713. The summed E-state index contributed by atoms with van der Waals surface area (Å²) >= 11 is 1.14. The highest BCUT2D eigenvalue weighted by Gasteiger charge is 2.10. The lowest BCUT2D eigenvalue weighted by Crippen LogP contribution is -2.19. The molecule has 19 heavy (non-hydrogen) atoms. The molecule has 0 aliphatic carbocycles. The molecule has 0 amide bonds. The van der Waals surface area contributed by atoms with Crippen molar-refractivity contribution < 1.29 is 14.6 Å². The van der Waals surface area contributed by atoms with Gasteiger partial charge in [-0.15, -0.1) is 0 Å². The predicted octanol–water partition coefficient (Wildman–Crippen LogP) is 2.00. The Morgan fingerprint density at radius 3 is 2.79 bits per heavy atom. The van der Waals surface area contributed by atoms with Crippen LogP contribution in [0.1, 0.15) is 16.1 Å². The monoisotopic (exact) mass is 279 g/mol. The molecule has 0 saturated heterocycles. The first-order valence-corrected chi connectivity index (χ1v) is 6.57. The summed E-state index contributed by atoms with van der Waals surface area (Å²) in [6.45, 7) is 2.51. The molecule has 2 rings (SSSR count). The van der Waals surface area contributed by atoms with E-state index < -0.39 is 5.97 Å². The number of carbonyl (C=O) groups is 1. The second-order valence-corrected chi connectivity index (χ2v) is 4.77. The molecule has 1 N–H and O–H groups in total. The van der Waals surface area contributed by atoms with Crippen LogP contribution in [0.15, 0.2) is 34.4 Å². The lowest BCUT2D eigenvalue weighted by atomic mass is 10.2. The van der Waals surface area contributed by atoms with Crippen LogP contribution in [0.4, 0.5) is 0 Å². The molecule has 1 aromatic carbocycles. The second kappa shape index (κ2) is 5.71. The number of aromatic carboxylic acids is 1. The summed E-state index contributed by atoms with van der Waals surface area (Å²) in [5.41, 5.74) is 1.00. The van der Waals surface area contributed by atoms with Crippen LogP contribution in [0.3, 0.4) is 0 Å². The first-order valence-electron chi connectivity index (χ1n) is 5.69. The van der Waals surface area contributed by atoms with Crippen LogP contribution in [0.25, 0.3) is 0 Å². The van der Waals surface area contributed by atoms with E-state index in [-0.39, 0.29) is 17.0 Å². The molecule has 6 heteroatoms. The van der Waals surface area contributed by atoms with Crippen molar-refractivity contribution in [1.82, 2.24) is 4.57 Å².